The number of likely N-dealkylation sites (tertiary alicyclic amines) is 1. The van der Waals surface area contributed by atoms with Crippen LogP contribution in [0.5, 0.6) is 0 Å². The Kier molecular flexibility index (Phi) is 5.02. The third-order valence-corrected chi connectivity index (χ3v) is 5.85. The molecule has 2 atom stereocenters. The van der Waals surface area contributed by atoms with Crippen molar-refractivity contribution in [3.05, 3.63) is 41.0 Å². The number of carboxylic acid groups (broad SMARTS) is 1. The van der Waals surface area contributed by atoms with Crippen LogP contribution < -0.4 is 0 Å². The third-order valence-electron chi connectivity index (χ3n) is 5.62. The van der Waals surface area contributed by atoms with E-state index in [1.807, 2.05) is 12.1 Å². The Balaban J connectivity index is 1.43. The number of carbonyl (C=O) groups is 2. The molecule has 27 heavy (non-hydrogen) atoms. The monoisotopic (exact) mass is 388 g/mol. The average molecular weight is 389 g/mol. The van der Waals surface area contributed by atoms with Crippen molar-refractivity contribution in [3.8, 4) is 0 Å². The fourth-order valence-corrected chi connectivity index (χ4v) is 4.31. The fraction of sp³-hybridized carbons (Fsp3) is 0.450. The van der Waals surface area contributed by atoms with E-state index in [-0.39, 0.29) is 17.9 Å². The van der Waals surface area contributed by atoms with Crippen molar-refractivity contribution in [2.75, 3.05) is 19.7 Å². The molecule has 3 heterocycles. The lowest BCUT2D eigenvalue weighted by Crippen LogP contribution is -2.43. The van der Waals surface area contributed by atoms with Gasteiger partial charge in [-0.3, -0.25) is 9.59 Å². The topological polar surface area (TPSA) is 79.7 Å². The van der Waals surface area contributed by atoms with Gasteiger partial charge in [0.2, 0.25) is 0 Å². The number of piperidine rings is 1. The number of carboxylic acids is 1. The molecule has 0 spiro atoms. The summed E-state index contributed by atoms with van der Waals surface area (Å²) in [6.07, 6.45) is 1.84. The zero-order chi connectivity index (χ0) is 19.0. The minimum absolute atomic E-state index is 0.0996. The molecule has 1 aromatic carbocycles. The van der Waals surface area contributed by atoms with Gasteiger partial charge in [0.1, 0.15) is 5.69 Å². The Bertz CT molecular complexity index is 879. The van der Waals surface area contributed by atoms with Crippen LogP contribution in [0.4, 0.5) is 0 Å². The first kappa shape index (κ1) is 18.2. The summed E-state index contributed by atoms with van der Waals surface area (Å²) in [5.41, 5.74) is 1.11. The quantitative estimate of drug-likeness (QED) is 0.873. The number of aromatic nitrogens is 1. The number of aliphatic carboxylic acids is 1. The van der Waals surface area contributed by atoms with Crippen molar-refractivity contribution in [1.82, 2.24) is 9.88 Å². The molecule has 2 aliphatic heterocycles. The SMILES string of the molecule is O=C(O)C1CCO[C@H]1C1CCN(C(=O)c2ccc3ccc(Cl)cc3n2)CC1. The maximum absolute atomic E-state index is 12.8. The van der Waals surface area contributed by atoms with Gasteiger partial charge in [0, 0.05) is 30.1 Å². The predicted molar refractivity (Wildman–Crippen MR) is 101 cm³/mol. The average Bonchev–Trinajstić information content (AvgIpc) is 3.17. The van der Waals surface area contributed by atoms with Crippen molar-refractivity contribution in [3.63, 3.8) is 0 Å². The van der Waals surface area contributed by atoms with Gasteiger partial charge < -0.3 is 14.7 Å². The third kappa shape index (κ3) is 3.64. The van der Waals surface area contributed by atoms with Gasteiger partial charge in [0.05, 0.1) is 17.5 Å². The molecule has 6 nitrogen and oxygen atoms in total. The lowest BCUT2D eigenvalue weighted by molar-refractivity contribution is -0.145. The number of nitrogens with zero attached hydrogens (tertiary/aromatic N) is 2. The minimum atomic E-state index is -0.782. The van der Waals surface area contributed by atoms with E-state index in [2.05, 4.69) is 4.98 Å². The van der Waals surface area contributed by atoms with Crippen molar-refractivity contribution in [2.45, 2.75) is 25.4 Å². The molecular formula is C20H21ClN2O4. The molecule has 142 valence electrons. The summed E-state index contributed by atoms with van der Waals surface area (Å²) in [5.74, 6) is -1.13. The Morgan fingerprint density at radius 1 is 1.15 bits per heavy atom. The second kappa shape index (κ2) is 7.44. The van der Waals surface area contributed by atoms with Crippen LogP contribution >= 0.6 is 11.6 Å². The van der Waals surface area contributed by atoms with Gasteiger partial charge in [-0.05, 0) is 43.4 Å². The van der Waals surface area contributed by atoms with E-state index >= 15 is 0 Å². The summed E-state index contributed by atoms with van der Waals surface area (Å²) in [5, 5.41) is 10.9. The van der Waals surface area contributed by atoms with E-state index in [4.69, 9.17) is 16.3 Å². The highest BCUT2D eigenvalue weighted by atomic mass is 35.5. The lowest BCUT2D eigenvalue weighted by Gasteiger charge is -2.35. The van der Waals surface area contributed by atoms with Crippen LogP contribution in [0.2, 0.25) is 5.02 Å². The van der Waals surface area contributed by atoms with Crippen LogP contribution in [0.3, 0.4) is 0 Å². The first-order valence-electron chi connectivity index (χ1n) is 9.23. The molecule has 1 amide bonds. The number of fused-ring (bicyclic) bond motifs is 1. The van der Waals surface area contributed by atoms with Crippen molar-refractivity contribution >= 4 is 34.4 Å². The van der Waals surface area contributed by atoms with E-state index in [1.165, 1.54) is 0 Å². The summed E-state index contributed by atoms with van der Waals surface area (Å²) in [6.45, 7) is 1.68. The lowest BCUT2D eigenvalue weighted by atomic mass is 9.84. The summed E-state index contributed by atoms with van der Waals surface area (Å²) < 4.78 is 5.70. The molecule has 1 aromatic heterocycles. The second-order valence-electron chi connectivity index (χ2n) is 7.23. The Morgan fingerprint density at radius 3 is 2.63 bits per heavy atom. The van der Waals surface area contributed by atoms with Gasteiger partial charge >= 0.3 is 5.97 Å². The van der Waals surface area contributed by atoms with E-state index in [0.717, 1.165) is 18.2 Å². The van der Waals surface area contributed by atoms with Crippen LogP contribution in [0, 0.1) is 11.8 Å². The highest BCUT2D eigenvalue weighted by Gasteiger charge is 2.40. The number of benzene rings is 1. The van der Waals surface area contributed by atoms with Gasteiger partial charge in [-0.1, -0.05) is 23.7 Å². The van der Waals surface area contributed by atoms with E-state index < -0.39 is 11.9 Å². The number of rotatable bonds is 3. The molecule has 2 fully saturated rings. The largest absolute Gasteiger partial charge is 0.481 e. The van der Waals surface area contributed by atoms with Crippen LogP contribution in [0.15, 0.2) is 30.3 Å². The number of hydrogen-bond acceptors (Lipinski definition) is 4. The molecular weight excluding hydrogens is 368 g/mol. The minimum Gasteiger partial charge on any atom is -0.481 e. The molecule has 0 bridgehead atoms. The van der Waals surface area contributed by atoms with Gasteiger partial charge in [-0.15, -0.1) is 0 Å². The highest BCUT2D eigenvalue weighted by Crippen LogP contribution is 2.33. The number of halogens is 1. The summed E-state index contributed by atoms with van der Waals surface area (Å²) in [4.78, 5) is 30.5. The van der Waals surface area contributed by atoms with Crippen molar-refractivity contribution in [2.24, 2.45) is 11.8 Å². The number of pyridine rings is 1. The number of ether oxygens (including phenoxy) is 1. The molecule has 2 aliphatic rings. The second-order valence-corrected chi connectivity index (χ2v) is 7.67. The zero-order valence-corrected chi connectivity index (χ0v) is 15.6. The predicted octanol–water partition coefficient (Wildman–Crippen LogP) is 3.23. The zero-order valence-electron chi connectivity index (χ0n) is 14.8. The first-order valence-corrected chi connectivity index (χ1v) is 9.61. The highest BCUT2D eigenvalue weighted by molar-refractivity contribution is 6.31. The molecule has 0 aliphatic carbocycles. The van der Waals surface area contributed by atoms with Crippen molar-refractivity contribution in [1.29, 1.82) is 0 Å². The van der Waals surface area contributed by atoms with Crippen LogP contribution in [-0.4, -0.2) is 52.7 Å². The Morgan fingerprint density at radius 2 is 1.89 bits per heavy atom. The van der Waals surface area contributed by atoms with Crippen LogP contribution in [-0.2, 0) is 9.53 Å². The molecule has 1 unspecified atom stereocenters. The Hall–Kier alpha value is -2.18. The number of hydrogen-bond donors (Lipinski definition) is 1. The van der Waals surface area contributed by atoms with E-state index in [9.17, 15) is 14.7 Å². The Labute approximate surface area is 162 Å². The molecule has 2 saturated heterocycles. The number of amides is 1. The molecule has 2 aromatic rings. The van der Waals surface area contributed by atoms with Crippen molar-refractivity contribution < 1.29 is 19.4 Å². The van der Waals surface area contributed by atoms with Gasteiger partial charge in [-0.2, -0.15) is 0 Å². The fourth-order valence-electron chi connectivity index (χ4n) is 4.14. The standard InChI is InChI=1S/C20H21ClN2O4/c21-14-3-1-12-2-4-16(22-17(12)11-14)19(24)23-8-5-13(6-9-23)18-15(20(25)26)7-10-27-18/h1-4,11,13,15,18H,5-10H2,(H,25,26)/t15?,18-/m0/s1. The van der Waals surface area contributed by atoms with E-state index in [1.54, 1.807) is 23.1 Å². The van der Waals surface area contributed by atoms with E-state index in [0.29, 0.717) is 42.4 Å². The maximum Gasteiger partial charge on any atom is 0.309 e. The van der Waals surface area contributed by atoms with Crippen LogP contribution in [0.25, 0.3) is 10.9 Å². The molecule has 0 radical (unpaired) electrons. The summed E-state index contributed by atoms with van der Waals surface area (Å²) in [7, 11) is 0. The van der Waals surface area contributed by atoms with Gasteiger partial charge in [0.15, 0.2) is 0 Å². The summed E-state index contributed by atoms with van der Waals surface area (Å²) in [6, 6.07) is 9.05. The first-order chi connectivity index (χ1) is 13.0. The maximum atomic E-state index is 12.8. The molecule has 0 saturated carbocycles. The summed E-state index contributed by atoms with van der Waals surface area (Å²) >= 11 is 6.02. The number of carbonyl (C=O) groups excluding carboxylic acids is 1. The molecule has 4 rings (SSSR count). The molecule has 7 heteroatoms. The smallest absolute Gasteiger partial charge is 0.309 e. The van der Waals surface area contributed by atoms with Gasteiger partial charge in [0.25, 0.3) is 5.91 Å². The van der Waals surface area contributed by atoms with Crippen LogP contribution in [0.1, 0.15) is 29.8 Å². The van der Waals surface area contributed by atoms with Gasteiger partial charge in [-0.25, -0.2) is 4.98 Å². The molecule has 1 N–H and O–H groups in total. The normalized spacial score (nSPS) is 23.7.